The van der Waals surface area contributed by atoms with Gasteiger partial charge in [0.25, 0.3) is 0 Å². The molecule has 21 heavy (non-hydrogen) atoms. The molecule has 0 bridgehead atoms. The van der Waals surface area contributed by atoms with Crippen molar-refractivity contribution in [3.63, 3.8) is 0 Å². The molecule has 2 N–H and O–H groups in total. The number of hydrogen-bond acceptors (Lipinski definition) is 5. The van der Waals surface area contributed by atoms with Crippen LogP contribution in [-0.4, -0.2) is 22.0 Å². The number of benzene rings is 1. The highest BCUT2D eigenvalue weighted by atomic mass is 15.1. The van der Waals surface area contributed by atoms with Crippen molar-refractivity contribution in [2.24, 2.45) is 0 Å². The van der Waals surface area contributed by atoms with Gasteiger partial charge in [0.2, 0.25) is 5.95 Å². The van der Waals surface area contributed by atoms with Crippen LogP contribution in [0.4, 0.5) is 11.8 Å². The lowest BCUT2D eigenvalue weighted by Gasteiger charge is -2.16. The summed E-state index contributed by atoms with van der Waals surface area (Å²) in [5.74, 6) is 1.43. The van der Waals surface area contributed by atoms with Gasteiger partial charge in [-0.05, 0) is 30.7 Å². The van der Waals surface area contributed by atoms with E-state index in [1.807, 2.05) is 49.6 Å². The minimum Gasteiger partial charge on any atom is -0.363 e. The minimum atomic E-state index is 0.113. The Morgan fingerprint density at radius 1 is 1.05 bits per heavy atom. The quantitative estimate of drug-likeness (QED) is 0.767. The summed E-state index contributed by atoms with van der Waals surface area (Å²) in [6.07, 6.45) is 3.63. The molecule has 3 aromatic rings. The molecule has 0 saturated carbocycles. The Bertz CT molecular complexity index is 742. The van der Waals surface area contributed by atoms with Crippen LogP contribution in [0.15, 0.2) is 48.8 Å². The van der Waals surface area contributed by atoms with Crippen LogP contribution in [0.5, 0.6) is 0 Å². The molecule has 3 rings (SSSR count). The maximum absolute atomic E-state index is 4.53. The smallest absolute Gasteiger partial charge is 0.224 e. The highest BCUT2D eigenvalue weighted by Gasteiger charge is 2.11. The largest absolute Gasteiger partial charge is 0.363 e. The van der Waals surface area contributed by atoms with Gasteiger partial charge in [-0.3, -0.25) is 4.98 Å². The highest BCUT2D eigenvalue weighted by molar-refractivity contribution is 5.90. The number of anilines is 2. The molecule has 0 aliphatic carbocycles. The van der Waals surface area contributed by atoms with Crippen LogP contribution in [0.2, 0.25) is 0 Å². The monoisotopic (exact) mass is 279 g/mol. The average Bonchev–Trinajstić information content (AvgIpc) is 2.55. The fraction of sp³-hybridized carbons (Fsp3) is 0.188. The van der Waals surface area contributed by atoms with Gasteiger partial charge in [-0.15, -0.1) is 0 Å². The third-order valence-electron chi connectivity index (χ3n) is 3.36. The summed E-state index contributed by atoms with van der Waals surface area (Å²) < 4.78 is 0. The van der Waals surface area contributed by atoms with Crippen molar-refractivity contribution in [3.05, 3.63) is 54.4 Å². The molecule has 0 amide bonds. The maximum atomic E-state index is 4.53. The third-order valence-corrected chi connectivity index (χ3v) is 3.36. The molecule has 2 heterocycles. The standard InChI is InChI=1S/C16H17N5/c1-11(12-6-5-9-18-10-12)19-15-13-7-3-4-8-14(13)20-16(17-2)21-15/h3-11H,1-2H3,(H2,17,19,20,21). The first kappa shape index (κ1) is 13.3. The molecule has 0 aliphatic rings. The van der Waals surface area contributed by atoms with Crippen LogP contribution in [0.25, 0.3) is 10.9 Å². The second-order valence-electron chi connectivity index (χ2n) is 4.82. The minimum absolute atomic E-state index is 0.113. The zero-order chi connectivity index (χ0) is 14.7. The Morgan fingerprint density at radius 2 is 1.90 bits per heavy atom. The molecule has 0 spiro atoms. The van der Waals surface area contributed by atoms with Crippen LogP contribution >= 0.6 is 0 Å². The molecule has 1 aromatic carbocycles. The van der Waals surface area contributed by atoms with Gasteiger partial charge in [0, 0.05) is 24.8 Å². The van der Waals surface area contributed by atoms with Gasteiger partial charge < -0.3 is 10.6 Å². The number of pyridine rings is 1. The molecule has 1 atom stereocenters. The lowest BCUT2D eigenvalue weighted by Crippen LogP contribution is -2.10. The molecule has 5 nitrogen and oxygen atoms in total. The number of fused-ring (bicyclic) bond motifs is 1. The van der Waals surface area contributed by atoms with Crippen molar-refractivity contribution in [2.75, 3.05) is 17.7 Å². The van der Waals surface area contributed by atoms with Crippen molar-refractivity contribution in [2.45, 2.75) is 13.0 Å². The summed E-state index contributed by atoms with van der Waals surface area (Å²) >= 11 is 0. The summed E-state index contributed by atoms with van der Waals surface area (Å²) in [6.45, 7) is 2.09. The van der Waals surface area contributed by atoms with Gasteiger partial charge in [0.15, 0.2) is 0 Å². The lowest BCUT2D eigenvalue weighted by atomic mass is 10.1. The predicted octanol–water partition coefficient (Wildman–Crippen LogP) is 3.24. The van der Waals surface area contributed by atoms with E-state index in [9.17, 15) is 0 Å². The number of hydrogen-bond donors (Lipinski definition) is 2. The van der Waals surface area contributed by atoms with E-state index in [4.69, 9.17) is 0 Å². The van der Waals surface area contributed by atoms with Crippen molar-refractivity contribution in [1.82, 2.24) is 15.0 Å². The highest BCUT2D eigenvalue weighted by Crippen LogP contribution is 2.25. The summed E-state index contributed by atoms with van der Waals surface area (Å²) in [7, 11) is 1.82. The fourth-order valence-electron chi connectivity index (χ4n) is 2.22. The molecular weight excluding hydrogens is 262 g/mol. The second-order valence-corrected chi connectivity index (χ2v) is 4.82. The van der Waals surface area contributed by atoms with E-state index in [2.05, 4.69) is 32.5 Å². The van der Waals surface area contributed by atoms with Gasteiger partial charge in [-0.25, -0.2) is 4.98 Å². The van der Waals surface area contributed by atoms with Gasteiger partial charge >= 0.3 is 0 Å². The molecule has 0 fully saturated rings. The van der Waals surface area contributed by atoms with Crippen molar-refractivity contribution in [3.8, 4) is 0 Å². The van der Waals surface area contributed by atoms with E-state index in [-0.39, 0.29) is 6.04 Å². The third kappa shape index (κ3) is 2.76. The Labute approximate surface area is 123 Å². The second kappa shape index (κ2) is 5.75. The number of nitrogens with zero attached hydrogens (tertiary/aromatic N) is 3. The molecule has 5 heteroatoms. The number of nitrogens with one attached hydrogen (secondary N) is 2. The van der Waals surface area contributed by atoms with E-state index < -0.39 is 0 Å². The van der Waals surface area contributed by atoms with E-state index in [1.54, 1.807) is 6.20 Å². The summed E-state index contributed by atoms with van der Waals surface area (Å²) in [6, 6.07) is 12.1. The van der Waals surface area contributed by atoms with Crippen LogP contribution < -0.4 is 10.6 Å². The average molecular weight is 279 g/mol. The lowest BCUT2D eigenvalue weighted by molar-refractivity contribution is 0.868. The number of aromatic nitrogens is 3. The molecule has 0 aliphatic heterocycles. The topological polar surface area (TPSA) is 62.7 Å². The predicted molar refractivity (Wildman–Crippen MR) is 85.4 cm³/mol. The number of para-hydroxylation sites is 1. The van der Waals surface area contributed by atoms with E-state index in [0.29, 0.717) is 5.95 Å². The van der Waals surface area contributed by atoms with Crippen LogP contribution in [0.3, 0.4) is 0 Å². The SMILES string of the molecule is CNc1nc(NC(C)c2cccnc2)c2ccccc2n1. The zero-order valence-electron chi connectivity index (χ0n) is 12.0. The maximum Gasteiger partial charge on any atom is 0.224 e. The Balaban J connectivity index is 1.99. The first-order valence-electron chi connectivity index (χ1n) is 6.89. The van der Waals surface area contributed by atoms with E-state index >= 15 is 0 Å². The molecule has 106 valence electrons. The van der Waals surface area contributed by atoms with Gasteiger partial charge in [0.1, 0.15) is 5.82 Å². The Morgan fingerprint density at radius 3 is 2.67 bits per heavy atom. The fourth-order valence-corrected chi connectivity index (χ4v) is 2.22. The van der Waals surface area contributed by atoms with Gasteiger partial charge in [-0.1, -0.05) is 18.2 Å². The molecular formula is C16H17N5. The van der Waals surface area contributed by atoms with Crippen molar-refractivity contribution >= 4 is 22.7 Å². The van der Waals surface area contributed by atoms with Crippen molar-refractivity contribution < 1.29 is 0 Å². The van der Waals surface area contributed by atoms with E-state index in [1.165, 1.54) is 0 Å². The molecule has 1 unspecified atom stereocenters. The van der Waals surface area contributed by atoms with Crippen LogP contribution in [0.1, 0.15) is 18.5 Å². The summed E-state index contributed by atoms with van der Waals surface area (Å²) in [5, 5.41) is 7.45. The van der Waals surface area contributed by atoms with Gasteiger partial charge in [0.05, 0.1) is 11.6 Å². The summed E-state index contributed by atoms with van der Waals surface area (Å²) in [4.78, 5) is 13.1. The van der Waals surface area contributed by atoms with Crippen LogP contribution in [-0.2, 0) is 0 Å². The first-order valence-corrected chi connectivity index (χ1v) is 6.89. The number of rotatable bonds is 4. The van der Waals surface area contributed by atoms with Gasteiger partial charge in [-0.2, -0.15) is 4.98 Å². The Kier molecular flexibility index (Phi) is 3.64. The molecule has 0 radical (unpaired) electrons. The molecule has 2 aromatic heterocycles. The first-order chi connectivity index (χ1) is 10.3. The molecule has 0 saturated heterocycles. The Hall–Kier alpha value is -2.69. The van der Waals surface area contributed by atoms with E-state index in [0.717, 1.165) is 22.3 Å². The zero-order valence-corrected chi connectivity index (χ0v) is 12.0. The normalized spacial score (nSPS) is 12.1. The van der Waals surface area contributed by atoms with Crippen molar-refractivity contribution in [1.29, 1.82) is 0 Å². The summed E-state index contributed by atoms with van der Waals surface area (Å²) in [5.41, 5.74) is 2.03. The van der Waals surface area contributed by atoms with Crippen LogP contribution in [0, 0.1) is 0 Å².